The Morgan fingerprint density at radius 3 is 1.22 bits per heavy atom. The van der Waals surface area contributed by atoms with E-state index in [0.29, 0.717) is 0 Å². The minimum Gasteiger partial charge on any atom is -0.317 e. The summed E-state index contributed by atoms with van der Waals surface area (Å²) in [4.78, 5) is 0. The van der Waals surface area contributed by atoms with Gasteiger partial charge in [0.25, 0.3) is 0 Å². The Balaban J connectivity index is 0.000000144. The summed E-state index contributed by atoms with van der Waals surface area (Å²) in [5, 5.41) is 16.4. The lowest BCUT2D eigenvalue weighted by Crippen LogP contribution is -2.21. The number of fused-ring (bicyclic) bond motifs is 1. The first-order chi connectivity index (χ1) is 15.9. The van der Waals surface area contributed by atoms with Gasteiger partial charge in [-0.15, -0.1) is 0 Å². The molecule has 0 bridgehead atoms. The zero-order valence-corrected chi connectivity index (χ0v) is 20.8. The summed E-state index contributed by atoms with van der Waals surface area (Å²) in [5.74, 6) is 0.935. The van der Waals surface area contributed by atoms with Gasteiger partial charge in [0.1, 0.15) is 0 Å². The first kappa shape index (κ1) is 27.3. The van der Waals surface area contributed by atoms with Gasteiger partial charge in [0.2, 0.25) is 0 Å². The summed E-state index contributed by atoms with van der Waals surface area (Å²) >= 11 is 0. The van der Waals surface area contributed by atoms with Crippen molar-refractivity contribution in [3.8, 4) is 0 Å². The summed E-state index contributed by atoms with van der Waals surface area (Å²) in [6.45, 7) is 14.4. The van der Waals surface area contributed by atoms with Crippen molar-refractivity contribution >= 4 is 0 Å². The van der Waals surface area contributed by atoms with Crippen LogP contribution in [0.25, 0.3) is 0 Å². The van der Waals surface area contributed by atoms with E-state index >= 15 is 0 Å². The Labute approximate surface area is 198 Å². The Morgan fingerprint density at radius 2 is 0.969 bits per heavy atom. The van der Waals surface area contributed by atoms with Crippen molar-refractivity contribution in [2.45, 2.75) is 77.8 Å². The van der Waals surface area contributed by atoms with Gasteiger partial charge in [-0.1, -0.05) is 44.0 Å². The van der Waals surface area contributed by atoms with Crippen molar-refractivity contribution in [3.05, 3.63) is 35.4 Å². The van der Waals surface area contributed by atoms with Crippen molar-refractivity contribution in [2.24, 2.45) is 5.92 Å². The van der Waals surface area contributed by atoms with Crippen LogP contribution in [0.4, 0.5) is 0 Å². The molecule has 1 aromatic carbocycles. The van der Waals surface area contributed by atoms with Crippen LogP contribution < -0.4 is 26.6 Å². The number of hydrogen-bond acceptors (Lipinski definition) is 5. The average molecular weight is 446 g/mol. The minimum atomic E-state index is 0.935. The number of hydrogen-bond donors (Lipinski definition) is 5. The van der Waals surface area contributed by atoms with Crippen molar-refractivity contribution in [1.29, 1.82) is 0 Å². The monoisotopic (exact) mass is 445 g/mol. The molecule has 184 valence electrons. The van der Waals surface area contributed by atoms with Crippen LogP contribution in [0.3, 0.4) is 0 Å². The van der Waals surface area contributed by atoms with E-state index < -0.39 is 0 Å². The highest BCUT2D eigenvalue weighted by atomic mass is 14.9. The molecule has 0 aromatic heterocycles. The summed E-state index contributed by atoms with van der Waals surface area (Å²) in [7, 11) is 0. The maximum absolute atomic E-state index is 3.29. The molecule has 4 fully saturated rings. The van der Waals surface area contributed by atoms with Gasteiger partial charge in [0.15, 0.2) is 0 Å². The summed E-state index contributed by atoms with van der Waals surface area (Å²) in [6, 6.07) is 8.53. The molecule has 5 heterocycles. The molecule has 1 aromatic rings. The lowest BCUT2D eigenvalue weighted by atomic mass is 10.1. The molecule has 6 rings (SSSR count). The van der Waals surface area contributed by atoms with Crippen LogP contribution in [-0.2, 0) is 13.1 Å². The van der Waals surface area contributed by atoms with E-state index in [2.05, 4.69) is 57.8 Å². The maximum atomic E-state index is 3.29. The lowest BCUT2D eigenvalue weighted by Gasteiger charge is -2.08. The van der Waals surface area contributed by atoms with Gasteiger partial charge in [-0.3, -0.25) is 0 Å². The molecule has 5 nitrogen and oxygen atoms in total. The Kier molecular flexibility index (Phi) is 16.6. The largest absolute Gasteiger partial charge is 0.317 e. The molecule has 0 spiro atoms. The van der Waals surface area contributed by atoms with E-state index in [1.54, 1.807) is 0 Å². The van der Waals surface area contributed by atoms with Gasteiger partial charge in [-0.25, -0.2) is 0 Å². The highest BCUT2D eigenvalue weighted by Gasteiger charge is 2.06. The third-order valence-corrected chi connectivity index (χ3v) is 6.43. The second-order valence-corrected chi connectivity index (χ2v) is 9.55. The third-order valence-electron chi connectivity index (χ3n) is 6.43. The molecule has 4 saturated heterocycles. The van der Waals surface area contributed by atoms with Crippen LogP contribution >= 0.6 is 0 Å². The molecule has 32 heavy (non-hydrogen) atoms. The quantitative estimate of drug-likeness (QED) is 0.421. The standard InChI is InChI=1S/C8H9N.3C5H11N.C4H9N/c1-2-4-8-6-9-5-7(8)3-1;1-5-2-3-6-4-5;2*1-2-4-6-5-3-1;1-2-4-5-3-1/h1-4,9H,5-6H2;5-6H,2-4H2,1H3;2*6H,1-5H2;5H,1-4H2. The molecule has 1 unspecified atom stereocenters. The molecule has 5 heteroatoms. The molecule has 5 N–H and O–H groups in total. The minimum absolute atomic E-state index is 0.935. The molecule has 1 atom stereocenters. The van der Waals surface area contributed by atoms with Gasteiger partial charge < -0.3 is 26.6 Å². The van der Waals surface area contributed by atoms with E-state index in [1.807, 2.05) is 0 Å². The molecule has 0 aliphatic carbocycles. The fourth-order valence-corrected chi connectivity index (χ4v) is 4.26. The van der Waals surface area contributed by atoms with Crippen LogP contribution in [0.5, 0.6) is 0 Å². The fourth-order valence-electron chi connectivity index (χ4n) is 4.26. The molecule has 0 radical (unpaired) electrons. The van der Waals surface area contributed by atoms with Crippen LogP contribution in [0.2, 0.25) is 0 Å². The van der Waals surface area contributed by atoms with Gasteiger partial charge in [0, 0.05) is 13.1 Å². The fraction of sp³-hybridized carbons (Fsp3) is 0.778. The summed E-state index contributed by atoms with van der Waals surface area (Å²) < 4.78 is 0. The molecular weight excluding hydrogens is 394 g/mol. The van der Waals surface area contributed by atoms with Crippen molar-refractivity contribution in [3.63, 3.8) is 0 Å². The SMILES string of the molecule is C1CCNC1.C1CCNCC1.C1CCNCC1.CC1CCNC1.c1ccc2c(c1)CNC2. The van der Waals surface area contributed by atoms with Crippen molar-refractivity contribution < 1.29 is 0 Å². The second-order valence-electron chi connectivity index (χ2n) is 9.55. The van der Waals surface area contributed by atoms with Crippen LogP contribution in [0.1, 0.15) is 75.8 Å². The predicted octanol–water partition coefficient (Wildman–Crippen LogP) is 3.80. The number of piperidine rings is 2. The predicted molar refractivity (Wildman–Crippen MR) is 139 cm³/mol. The van der Waals surface area contributed by atoms with E-state index in [-0.39, 0.29) is 0 Å². The van der Waals surface area contributed by atoms with Crippen molar-refractivity contribution in [2.75, 3.05) is 52.4 Å². The van der Waals surface area contributed by atoms with Gasteiger partial charge in [0.05, 0.1) is 0 Å². The number of rotatable bonds is 0. The van der Waals surface area contributed by atoms with Gasteiger partial charge >= 0.3 is 0 Å². The van der Waals surface area contributed by atoms with E-state index in [4.69, 9.17) is 0 Å². The first-order valence-electron chi connectivity index (χ1n) is 13.5. The highest BCUT2D eigenvalue weighted by Crippen LogP contribution is 2.13. The van der Waals surface area contributed by atoms with Gasteiger partial charge in [-0.2, -0.15) is 0 Å². The topological polar surface area (TPSA) is 60.1 Å². The molecule has 5 aliphatic rings. The Morgan fingerprint density at radius 1 is 0.531 bits per heavy atom. The highest BCUT2D eigenvalue weighted by molar-refractivity contribution is 5.29. The van der Waals surface area contributed by atoms with E-state index in [1.165, 1.54) is 121 Å². The Bertz CT molecular complexity index is 467. The first-order valence-corrected chi connectivity index (χ1v) is 13.5. The summed E-state index contributed by atoms with van der Waals surface area (Å²) in [6.07, 6.45) is 12.6. The molecular formula is C27H51N5. The van der Waals surface area contributed by atoms with Crippen LogP contribution in [-0.4, -0.2) is 52.4 Å². The smallest absolute Gasteiger partial charge is 0.0211 e. The zero-order valence-electron chi connectivity index (χ0n) is 20.8. The second kappa shape index (κ2) is 19.5. The zero-order chi connectivity index (χ0) is 22.5. The molecule has 5 aliphatic heterocycles. The molecule has 0 saturated carbocycles. The number of benzene rings is 1. The third kappa shape index (κ3) is 14.2. The Hall–Kier alpha value is -0.980. The van der Waals surface area contributed by atoms with E-state index in [0.717, 1.165) is 19.0 Å². The normalized spacial score (nSPS) is 23.6. The van der Waals surface area contributed by atoms with Crippen LogP contribution in [0, 0.1) is 5.92 Å². The lowest BCUT2D eigenvalue weighted by molar-refractivity contribution is 0.520. The van der Waals surface area contributed by atoms with Crippen LogP contribution in [0.15, 0.2) is 24.3 Å². The average Bonchev–Trinajstić information content (AvgIpc) is 3.67. The maximum Gasteiger partial charge on any atom is 0.0211 e. The van der Waals surface area contributed by atoms with E-state index in [9.17, 15) is 0 Å². The number of nitrogens with one attached hydrogen (secondary N) is 5. The summed E-state index contributed by atoms with van der Waals surface area (Å²) in [5.41, 5.74) is 2.91. The van der Waals surface area contributed by atoms with Crippen molar-refractivity contribution in [1.82, 2.24) is 26.6 Å². The molecule has 0 amide bonds. The van der Waals surface area contributed by atoms with Gasteiger partial charge in [-0.05, 0) is 114 Å².